The number of nitrogens with two attached hydrogens (primary N) is 1. The number of rotatable bonds is 4. The number of nitrogens with zero attached hydrogens (tertiary/aromatic N) is 2. The van der Waals surface area contributed by atoms with Crippen molar-refractivity contribution in [3.8, 4) is 0 Å². The Bertz CT molecular complexity index is 277. The number of hydrogen-bond donors (Lipinski definition) is 1. The van der Waals surface area contributed by atoms with Gasteiger partial charge in [-0.2, -0.15) is 0 Å². The molecule has 104 valence electrons. The highest BCUT2D eigenvalue weighted by atomic mass is 16.5. The monoisotopic (exact) mass is 255 g/mol. The highest BCUT2D eigenvalue weighted by Gasteiger charge is 2.31. The first-order chi connectivity index (χ1) is 8.70. The van der Waals surface area contributed by atoms with Gasteiger partial charge in [0.25, 0.3) is 0 Å². The molecule has 2 N–H and O–H groups in total. The minimum Gasteiger partial charge on any atom is -0.383 e. The maximum Gasteiger partial charge on any atom is 0.225 e. The second-order valence-corrected chi connectivity index (χ2v) is 5.44. The largest absolute Gasteiger partial charge is 0.383 e. The Morgan fingerprint density at radius 2 is 2.00 bits per heavy atom. The minimum atomic E-state index is 0.191. The average Bonchev–Trinajstić information content (AvgIpc) is 2.83. The molecule has 0 radical (unpaired) electrons. The molecular weight excluding hydrogens is 230 g/mol. The smallest absolute Gasteiger partial charge is 0.225 e. The Morgan fingerprint density at radius 3 is 2.56 bits per heavy atom. The standard InChI is InChI=1S/C13H25N3O2/c1-18-9-8-15-5-2-11(3-6-15)13(17)16-7-4-12(14)10-16/h11-12H,2-10,14H2,1H3/t12-/m1/s1. The molecule has 0 aromatic carbocycles. The van der Waals surface area contributed by atoms with Gasteiger partial charge in [0.1, 0.15) is 0 Å². The van der Waals surface area contributed by atoms with Crippen LogP contribution < -0.4 is 5.73 Å². The van der Waals surface area contributed by atoms with Crippen LogP contribution in [0.5, 0.6) is 0 Å². The topological polar surface area (TPSA) is 58.8 Å². The first kappa shape index (κ1) is 13.8. The van der Waals surface area contributed by atoms with Gasteiger partial charge in [0, 0.05) is 38.7 Å². The maximum atomic E-state index is 12.3. The molecule has 0 saturated carbocycles. The SMILES string of the molecule is COCCN1CCC(C(=O)N2CC[C@@H](N)C2)CC1. The van der Waals surface area contributed by atoms with Gasteiger partial charge in [-0.05, 0) is 32.4 Å². The van der Waals surface area contributed by atoms with Crippen LogP contribution in [0, 0.1) is 5.92 Å². The summed E-state index contributed by atoms with van der Waals surface area (Å²) in [6.07, 6.45) is 2.92. The summed E-state index contributed by atoms with van der Waals surface area (Å²) in [4.78, 5) is 16.6. The molecule has 0 spiro atoms. The highest BCUT2D eigenvalue weighted by molar-refractivity contribution is 5.79. The molecule has 0 aliphatic carbocycles. The van der Waals surface area contributed by atoms with Crippen molar-refractivity contribution in [2.45, 2.75) is 25.3 Å². The van der Waals surface area contributed by atoms with E-state index in [1.54, 1.807) is 7.11 Å². The number of likely N-dealkylation sites (tertiary alicyclic amines) is 2. The summed E-state index contributed by atoms with van der Waals surface area (Å²) in [6.45, 7) is 5.39. The van der Waals surface area contributed by atoms with E-state index in [-0.39, 0.29) is 12.0 Å². The summed E-state index contributed by atoms with van der Waals surface area (Å²) in [5.74, 6) is 0.545. The lowest BCUT2D eigenvalue weighted by atomic mass is 9.95. The van der Waals surface area contributed by atoms with Crippen molar-refractivity contribution < 1.29 is 9.53 Å². The number of carbonyl (C=O) groups is 1. The lowest BCUT2D eigenvalue weighted by molar-refractivity contribution is -0.136. The van der Waals surface area contributed by atoms with Crippen LogP contribution in [0.4, 0.5) is 0 Å². The number of carbonyl (C=O) groups excluding carboxylic acids is 1. The van der Waals surface area contributed by atoms with E-state index in [0.29, 0.717) is 5.91 Å². The van der Waals surface area contributed by atoms with E-state index in [2.05, 4.69) is 4.90 Å². The Kier molecular flexibility index (Phi) is 4.97. The maximum absolute atomic E-state index is 12.3. The van der Waals surface area contributed by atoms with Crippen LogP contribution in [0.2, 0.25) is 0 Å². The van der Waals surface area contributed by atoms with Crippen molar-refractivity contribution in [2.75, 3.05) is 46.4 Å². The van der Waals surface area contributed by atoms with E-state index in [4.69, 9.17) is 10.5 Å². The number of amides is 1. The summed E-state index contributed by atoms with van der Waals surface area (Å²) in [5, 5.41) is 0. The molecule has 1 atom stereocenters. The van der Waals surface area contributed by atoms with Gasteiger partial charge in [-0.25, -0.2) is 0 Å². The number of ether oxygens (including phenoxy) is 1. The summed E-state index contributed by atoms with van der Waals surface area (Å²) in [6, 6.07) is 0.191. The van der Waals surface area contributed by atoms with Crippen molar-refractivity contribution in [1.29, 1.82) is 0 Å². The molecule has 0 unspecified atom stereocenters. The fourth-order valence-electron chi connectivity index (χ4n) is 2.87. The fourth-order valence-corrected chi connectivity index (χ4v) is 2.87. The predicted octanol–water partition coefficient (Wildman–Crippen LogP) is -0.0956. The summed E-state index contributed by atoms with van der Waals surface area (Å²) in [5.41, 5.74) is 5.85. The molecule has 2 rings (SSSR count). The number of hydrogen-bond acceptors (Lipinski definition) is 4. The Morgan fingerprint density at radius 1 is 1.28 bits per heavy atom. The Balaban J connectivity index is 1.73. The lowest BCUT2D eigenvalue weighted by Crippen LogP contribution is -2.43. The highest BCUT2D eigenvalue weighted by Crippen LogP contribution is 2.21. The van der Waals surface area contributed by atoms with E-state index >= 15 is 0 Å². The van der Waals surface area contributed by atoms with Crippen molar-refractivity contribution in [1.82, 2.24) is 9.80 Å². The Labute approximate surface area is 109 Å². The third-order valence-corrected chi connectivity index (χ3v) is 4.08. The fraction of sp³-hybridized carbons (Fsp3) is 0.923. The molecule has 1 amide bonds. The molecule has 2 saturated heterocycles. The summed E-state index contributed by atoms with van der Waals surface area (Å²) >= 11 is 0. The molecule has 5 nitrogen and oxygen atoms in total. The second kappa shape index (κ2) is 6.50. The van der Waals surface area contributed by atoms with Gasteiger partial charge in [-0.3, -0.25) is 4.79 Å². The average molecular weight is 255 g/mol. The van der Waals surface area contributed by atoms with Gasteiger partial charge in [0.2, 0.25) is 5.91 Å². The van der Waals surface area contributed by atoms with Gasteiger partial charge in [0.05, 0.1) is 6.61 Å². The van der Waals surface area contributed by atoms with Crippen LogP contribution in [0.15, 0.2) is 0 Å². The van der Waals surface area contributed by atoms with Crippen LogP contribution in [-0.2, 0) is 9.53 Å². The third kappa shape index (κ3) is 3.43. The van der Waals surface area contributed by atoms with E-state index in [9.17, 15) is 4.79 Å². The summed E-state index contributed by atoms with van der Waals surface area (Å²) < 4.78 is 5.08. The lowest BCUT2D eigenvalue weighted by Gasteiger charge is -2.32. The first-order valence-corrected chi connectivity index (χ1v) is 6.96. The predicted molar refractivity (Wildman–Crippen MR) is 70.2 cm³/mol. The molecule has 2 aliphatic rings. The molecule has 0 aromatic heterocycles. The van der Waals surface area contributed by atoms with E-state index in [1.165, 1.54) is 0 Å². The molecule has 0 aromatic rings. The van der Waals surface area contributed by atoms with Crippen LogP contribution >= 0.6 is 0 Å². The van der Waals surface area contributed by atoms with Crippen LogP contribution in [-0.4, -0.2) is 68.2 Å². The van der Waals surface area contributed by atoms with Crippen molar-refractivity contribution >= 4 is 5.91 Å². The number of methoxy groups -OCH3 is 1. The molecular formula is C13H25N3O2. The molecule has 18 heavy (non-hydrogen) atoms. The number of piperidine rings is 1. The van der Waals surface area contributed by atoms with Crippen molar-refractivity contribution in [2.24, 2.45) is 11.7 Å². The van der Waals surface area contributed by atoms with E-state index in [0.717, 1.165) is 58.6 Å². The quantitative estimate of drug-likeness (QED) is 0.762. The van der Waals surface area contributed by atoms with Crippen LogP contribution in [0.1, 0.15) is 19.3 Å². The molecule has 0 bridgehead atoms. The van der Waals surface area contributed by atoms with Crippen molar-refractivity contribution in [3.63, 3.8) is 0 Å². The Hall–Kier alpha value is -0.650. The first-order valence-electron chi connectivity index (χ1n) is 6.96. The van der Waals surface area contributed by atoms with Gasteiger partial charge >= 0.3 is 0 Å². The third-order valence-electron chi connectivity index (χ3n) is 4.08. The van der Waals surface area contributed by atoms with Crippen molar-refractivity contribution in [3.05, 3.63) is 0 Å². The summed E-state index contributed by atoms with van der Waals surface area (Å²) in [7, 11) is 1.73. The van der Waals surface area contributed by atoms with Crippen LogP contribution in [0.3, 0.4) is 0 Å². The molecule has 2 aliphatic heterocycles. The molecule has 5 heteroatoms. The normalized spacial score (nSPS) is 26.8. The zero-order valence-corrected chi connectivity index (χ0v) is 11.3. The van der Waals surface area contributed by atoms with Gasteiger partial charge < -0.3 is 20.3 Å². The van der Waals surface area contributed by atoms with E-state index < -0.39 is 0 Å². The zero-order valence-electron chi connectivity index (χ0n) is 11.3. The molecule has 2 heterocycles. The van der Waals surface area contributed by atoms with Crippen LogP contribution in [0.25, 0.3) is 0 Å². The minimum absolute atomic E-state index is 0.191. The van der Waals surface area contributed by atoms with Gasteiger partial charge in [-0.15, -0.1) is 0 Å². The molecule has 2 fully saturated rings. The second-order valence-electron chi connectivity index (χ2n) is 5.44. The van der Waals surface area contributed by atoms with Gasteiger partial charge in [-0.1, -0.05) is 0 Å². The van der Waals surface area contributed by atoms with E-state index in [1.807, 2.05) is 4.90 Å². The zero-order chi connectivity index (χ0) is 13.0. The van der Waals surface area contributed by atoms with Gasteiger partial charge in [0.15, 0.2) is 0 Å².